The second-order valence-corrected chi connectivity index (χ2v) is 3.84. The van der Waals surface area contributed by atoms with E-state index < -0.39 is 11.4 Å². The molecule has 1 aliphatic carbocycles. The lowest BCUT2D eigenvalue weighted by atomic mass is 9.74. The van der Waals surface area contributed by atoms with Crippen LogP contribution in [0.25, 0.3) is 0 Å². The fraction of sp³-hybridized carbons (Fsp3) is 0.667. The first-order chi connectivity index (χ1) is 7.21. The summed E-state index contributed by atoms with van der Waals surface area (Å²) in [4.78, 5) is 11.7. The van der Waals surface area contributed by atoms with Crippen molar-refractivity contribution in [3.05, 3.63) is 11.6 Å². The fourth-order valence-corrected chi connectivity index (χ4v) is 2.10. The molecule has 15 heavy (non-hydrogen) atoms. The molecule has 0 spiro atoms. The molecule has 0 radical (unpaired) electrons. The Balaban J connectivity index is 3.05. The van der Waals surface area contributed by atoms with E-state index in [2.05, 4.69) is 6.07 Å². The number of carbonyl (C=O) groups excluding carboxylic acids is 1. The summed E-state index contributed by atoms with van der Waals surface area (Å²) in [6.07, 6.45) is 6.55. The molecule has 0 saturated heterocycles. The average molecular weight is 207 g/mol. The lowest BCUT2D eigenvalue weighted by molar-refractivity contribution is -0.147. The maximum Gasteiger partial charge on any atom is 0.330 e. The van der Waals surface area contributed by atoms with Gasteiger partial charge in [0, 0.05) is 0 Å². The van der Waals surface area contributed by atoms with Gasteiger partial charge in [-0.05, 0) is 37.7 Å². The second-order valence-electron chi connectivity index (χ2n) is 3.84. The summed E-state index contributed by atoms with van der Waals surface area (Å²) in [6.45, 7) is 1.86. The smallest absolute Gasteiger partial charge is 0.330 e. The third-order valence-electron chi connectivity index (χ3n) is 3.09. The summed E-state index contributed by atoms with van der Waals surface area (Å²) in [6, 6.07) is 2.14. The van der Waals surface area contributed by atoms with Gasteiger partial charge in [0.25, 0.3) is 0 Å². The van der Waals surface area contributed by atoms with E-state index in [1.54, 1.807) is 0 Å². The number of hydrogen-bond donors (Lipinski definition) is 0. The number of carbonyl (C=O) groups is 1. The van der Waals surface area contributed by atoms with Crippen molar-refractivity contribution < 1.29 is 9.53 Å². The van der Waals surface area contributed by atoms with Gasteiger partial charge in [-0.15, -0.1) is 0 Å². The second kappa shape index (κ2) is 4.97. The number of hydrogen-bond acceptors (Lipinski definition) is 3. The molecule has 0 fully saturated rings. The van der Waals surface area contributed by atoms with Crippen LogP contribution in [0.1, 0.15) is 39.0 Å². The van der Waals surface area contributed by atoms with Crippen LogP contribution in [0, 0.1) is 16.7 Å². The Morgan fingerprint density at radius 1 is 1.67 bits per heavy atom. The minimum Gasteiger partial charge on any atom is -0.468 e. The Labute approximate surface area is 90.7 Å². The van der Waals surface area contributed by atoms with Crippen LogP contribution in [0.3, 0.4) is 0 Å². The van der Waals surface area contributed by atoms with E-state index in [1.165, 1.54) is 7.11 Å². The van der Waals surface area contributed by atoms with Crippen molar-refractivity contribution in [2.75, 3.05) is 7.11 Å². The maximum atomic E-state index is 11.7. The zero-order valence-corrected chi connectivity index (χ0v) is 9.38. The number of esters is 1. The van der Waals surface area contributed by atoms with Gasteiger partial charge in [0.15, 0.2) is 5.41 Å². The van der Waals surface area contributed by atoms with Crippen LogP contribution in [0.4, 0.5) is 0 Å². The highest BCUT2D eigenvalue weighted by Gasteiger charge is 2.41. The monoisotopic (exact) mass is 207 g/mol. The summed E-state index contributed by atoms with van der Waals surface area (Å²) in [7, 11) is 1.34. The van der Waals surface area contributed by atoms with Gasteiger partial charge in [0.05, 0.1) is 13.2 Å². The normalized spacial score (nSPS) is 19.7. The molecule has 82 valence electrons. The molecule has 0 bridgehead atoms. The molecular formula is C12H17NO2. The Bertz CT molecular complexity index is 314. The summed E-state index contributed by atoms with van der Waals surface area (Å²) < 4.78 is 4.75. The predicted octanol–water partition coefficient (Wildman–Crippen LogP) is 2.58. The van der Waals surface area contributed by atoms with Gasteiger partial charge >= 0.3 is 5.97 Å². The molecule has 0 heterocycles. The molecule has 1 aliphatic rings. The van der Waals surface area contributed by atoms with Crippen LogP contribution in [0.5, 0.6) is 0 Å². The molecule has 1 atom stereocenters. The molecule has 3 nitrogen and oxygen atoms in total. The number of allylic oxidation sites excluding steroid dienone is 1. The van der Waals surface area contributed by atoms with Gasteiger partial charge < -0.3 is 4.74 Å². The summed E-state index contributed by atoms with van der Waals surface area (Å²) in [5.74, 6) is -0.416. The first-order valence-electron chi connectivity index (χ1n) is 5.40. The van der Waals surface area contributed by atoms with Crippen LogP contribution >= 0.6 is 0 Å². The molecule has 3 heteroatoms. The quantitative estimate of drug-likeness (QED) is 0.528. The SMILES string of the molecule is CC[C@](C#N)(C(=O)OC)C1=CCCCC1. The van der Waals surface area contributed by atoms with E-state index in [0.717, 1.165) is 31.3 Å². The van der Waals surface area contributed by atoms with Crippen LogP contribution in [-0.4, -0.2) is 13.1 Å². The van der Waals surface area contributed by atoms with Crippen LogP contribution < -0.4 is 0 Å². The van der Waals surface area contributed by atoms with Crippen LogP contribution in [0.15, 0.2) is 11.6 Å². The van der Waals surface area contributed by atoms with E-state index in [1.807, 2.05) is 13.0 Å². The minimum absolute atomic E-state index is 0.416. The van der Waals surface area contributed by atoms with Crippen molar-refractivity contribution in [2.45, 2.75) is 39.0 Å². The Morgan fingerprint density at radius 3 is 2.80 bits per heavy atom. The van der Waals surface area contributed by atoms with E-state index in [0.29, 0.717) is 6.42 Å². The highest BCUT2D eigenvalue weighted by atomic mass is 16.5. The molecule has 0 unspecified atom stereocenters. The summed E-state index contributed by atoms with van der Waals surface area (Å²) >= 11 is 0. The standard InChI is InChI=1S/C12H17NO2/c1-3-12(9-13,11(14)15-2)10-7-5-4-6-8-10/h7H,3-6,8H2,1-2H3/t12-/m1/s1. The lowest BCUT2D eigenvalue weighted by Crippen LogP contribution is -2.33. The molecule has 0 aromatic heterocycles. The molecule has 0 amide bonds. The van der Waals surface area contributed by atoms with Crippen molar-refractivity contribution in [2.24, 2.45) is 5.41 Å². The van der Waals surface area contributed by atoms with Gasteiger partial charge in [0.2, 0.25) is 0 Å². The number of rotatable bonds is 3. The minimum atomic E-state index is -1.03. The summed E-state index contributed by atoms with van der Waals surface area (Å²) in [5.41, 5.74) is -0.0829. The van der Waals surface area contributed by atoms with Gasteiger partial charge in [0.1, 0.15) is 0 Å². The number of ether oxygens (including phenoxy) is 1. The van der Waals surface area contributed by atoms with E-state index >= 15 is 0 Å². The molecular weight excluding hydrogens is 190 g/mol. The first-order valence-corrected chi connectivity index (χ1v) is 5.40. The predicted molar refractivity (Wildman–Crippen MR) is 56.9 cm³/mol. The molecule has 0 aromatic rings. The highest BCUT2D eigenvalue weighted by Crippen LogP contribution is 2.37. The topological polar surface area (TPSA) is 50.1 Å². The highest BCUT2D eigenvalue weighted by molar-refractivity contribution is 5.83. The molecule has 0 aromatic carbocycles. The van der Waals surface area contributed by atoms with Gasteiger partial charge in [-0.2, -0.15) is 5.26 Å². The zero-order chi connectivity index (χ0) is 11.3. The number of nitrogens with zero attached hydrogens (tertiary/aromatic N) is 1. The largest absolute Gasteiger partial charge is 0.468 e. The fourth-order valence-electron chi connectivity index (χ4n) is 2.10. The molecule has 0 N–H and O–H groups in total. The summed E-state index contributed by atoms with van der Waals surface area (Å²) in [5, 5.41) is 9.24. The number of nitriles is 1. The van der Waals surface area contributed by atoms with E-state index in [-0.39, 0.29) is 0 Å². The molecule has 1 rings (SSSR count). The number of methoxy groups -OCH3 is 1. The Kier molecular flexibility index (Phi) is 3.90. The Hall–Kier alpha value is -1.30. The Morgan fingerprint density at radius 2 is 2.40 bits per heavy atom. The molecule has 0 aliphatic heterocycles. The zero-order valence-electron chi connectivity index (χ0n) is 9.38. The van der Waals surface area contributed by atoms with Gasteiger partial charge in [-0.1, -0.05) is 13.0 Å². The van der Waals surface area contributed by atoms with E-state index in [9.17, 15) is 10.1 Å². The van der Waals surface area contributed by atoms with Gasteiger partial charge in [-0.3, -0.25) is 0 Å². The maximum absolute atomic E-state index is 11.7. The van der Waals surface area contributed by atoms with Crippen molar-refractivity contribution in [3.8, 4) is 6.07 Å². The van der Waals surface area contributed by atoms with Crippen molar-refractivity contribution in [1.29, 1.82) is 5.26 Å². The van der Waals surface area contributed by atoms with Crippen molar-refractivity contribution in [3.63, 3.8) is 0 Å². The van der Waals surface area contributed by atoms with Crippen molar-refractivity contribution >= 4 is 5.97 Å². The van der Waals surface area contributed by atoms with E-state index in [4.69, 9.17) is 4.74 Å². The molecule has 0 saturated carbocycles. The lowest BCUT2D eigenvalue weighted by Gasteiger charge is -2.27. The van der Waals surface area contributed by atoms with Crippen LogP contribution in [-0.2, 0) is 9.53 Å². The third-order valence-corrected chi connectivity index (χ3v) is 3.09. The first kappa shape index (κ1) is 11.8. The average Bonchev–Trinajstić information content (AvgIpc) is 2.32. The third kappa shape index (κ3) is 2.04. The van der Waals surface area contributed by atoms with Crippen molar-refractivity contribution in [1.82, 2.24) is 0 Å². The van der Waals surface area contributed by atoms with Crippen LogP contribution in [0.2, 0.25) is 0 Å². The van der Waals surface area contributed by atoms with Gasteiger partial charge in [-0.25, -0.2) is 4.79 Å².